The van der Waals surface area contributed by atoms with Crippen molar-refractivity contribution in [3.05, 3.63) is 31.8 Å². The van der Waals surface area contributed by atoms with Gasteiger partial charge in [-0.1, -0.05) is 15.9 Å². The fraction of sp³-hybridized carbons (Fsp3) is 0.417. The third-order valence-corrected chi connectivity index (χ3v) is 3.82. The first-order chi connectivity index (χ1) is 8.60. The fourth-order valence-corrected chi connectivity index (χ4v) is 2.40. The maximum atomic E-state index is 12.3. The standard InChI is InChI=1S/C12H15BrINO3/c1-18-7-5-15(4-6-16)12(17)10-8-9(13)2-3-11(10)14/h2-3,8,16H,4-7H2,1H3. The number of nitrogens with zero attached hydrogens (tertiary/aromatic N) is 1. The van der Waals surface area contributed by atoms with E-state index in [-0.39, 0.29) is 12.5 Å². The first-order valence-electron chi connectivity index (χ1n) is 5.44. The van der Waals surface area contributed by atoms with Crippen LogP contribution in [0.5, 0.6) is 0 Å². The molecule has 0 heterocycles. The lowest BCUT2D eigenvalue weighted by Gasteiger charge is -2.22. The summed E-state index contributed by atoms with van der Waals surface area (Å²) in [6.07, 6.45) is 0. The number of ether oxygens (including phenoxy) is 1. The van der Waals surface area contributed by atoms with Crippen molar-refractivity contribution < 1.29 is 14.6 Å². The molecule has 0 saturated heterocycles. The quantitative estimate of drug-likeness (QED) is 0.707. The van der Waals surface area contributed by atoms with Crippen LogP contribution in [0.25, 0.3) is 0 Å². The third-order valence-electron chi connectivity index (χ3n) is 2.38. The minimum absolute atomic E-state index is 0.0555. The summed E-state index contributed by atoms with van der Waals surface area (Å²) in [5, 5.41) is 9.01. The number of hydrogen-bond acceptors (Lipinski definition) is 3. The minimum atomic E-state index is -0.0909. The van der Waals surface area contributed by atoms with Crippen molar-refractivity contribution >= 4 is 44.4 Å². The van der Waals surface area contributed by atoms with Crippen molar-refractivity contribution in [3.8, 4) is 0 Å². The number of carbonyl (C=O) groups excluding carboxylic acids is 1. The van der Waals surface area contributed by atoms with E-state index in [0.717, 1.165) is 8.04 Å². The number of hydrogen-bond donors (Lipinski definition) is 1. The highest BCUT2D eigenvalue weighted by atomic mass is 127. The fourth-order valence-electron chi connectivity index (χ4n) is 1.47. The number of aliphatic hydroxyl groups is 1. The first kappa shape index (κ1) is 15.9. The smallest absolute Gasteiger partial charge is 0.255 e. The molecule has 0 atom stereocenters. The van der Waals surface area contributed by atoms with Crippen molar-refractivity contribution in [1.82, 2.24) is 4.90 Å². The van der Waals surface area contributed by atoms with Gasteiger partial charge >= 0.3 is 0 Å². The zero-order valence-corrected chi connectivity index (χ0v) is 13.8. The molecule has 1 aromatic rings. The summed E-state index contributed by atoms with van der Waals surface area (Å²) in [7, 11) is 1.59. The number of methoxy groups -OCH3 is 1. The Labute approximate surface area is 129 Å². The number of amides is 1. The first-order valence-corrected chi connectivity index (χ1v) is 7.31. The van der Waals surface area contributed by atoms with Crippen LogP contribution in [0.3, 0.4) is 0 Å². The predicted molar refractivity (Wildman–Crippen MR) is 81.7 cm³/mol. The van der Waals surface area contributed by atoms with Crippen LogP contribution in [-0.4, -0.2) is 49.3 Å². The lowest BCUT2D eigenvalue weighted by atomic mass is 10.2. The van der Waals surface area contributed by atoms with Gasteiger partial charge in [0.15, 0.2) is 0 Å². The van der Waals surface area contributed by atoms with Crippen LogP contribution in [0, 0.1) is 3.57 Å². The molecule has 0 aliphatic rings. The minimum Gasteiger partial charge on any atom is -0.395 e. The van der Waals surface area contributed by atoms with Crippen LogP contribution in [0.4, 0.5) is 0 Å². The zero-order valence-electron chi connectivity index (χ0n) is 10.0. The number of rotatable bonds is 6. The zero-order chi connectivity index (χ0) is 13.5. The Kier molecular flexibility index (Phi) is 7.13. The van der Waals surface area contributed by atoms with E-state index in [1.54, 1.807) is 18.1 Å². The molecule has 1 N–H and O–H groups in total. The second-order valence-electron chi connectivity index (χ2n) is 3.63. The second-order valence-corrected chi connectivity index (χ2v) is 5.71. The molecule has 0 spiro atoms. The molecule has 0 aromatic heterocycles. The summed E-state index contributed by atoms with van der Waals surface area (Å²) in [5.74, 6) is -0.0909. The molecule has 0 bridgehead atoms. The van der Waals surface area contributed by atoms with Gasteiger partial charge in [-0.3, -0.25) is 4.79 Å². The van der Waals surface area contributed by atoms with Crippen molar-refractivity contribution in [2.45, 2.75) is 0 Å². The Bertz CT molecular complexity index is 414. The lowest BCUT2D eigenvalue weighted by molar-refractivity contribution is 0.0655. The molecule has 0 aliphatic heterocycles. The molecule has 0 saturated carbocycles. The van der Waals surface area contributed by atoms with E-state index < -0.39 is 0 Å². The van der Waals surface area contributed by atoms with Crippen LogP contribution >= 0.6 is 38.5 Å². The summed E-state index contributed by atoms with van der Waals surface area (Å²) >= 11 is 5.49. The van der Waals surface area contributed by atoms with Gasteiger partial charge in [0.2, 0.25) is 0 Å². The van der Waals surface area contributed by atoms with Gasteiger partial charge < -0.3 is 14.7 Å². The number of carbonyl (C=O) groups is 1. The average Bonchev–Trinajstić information content (AvgIpc) is 2.36. The molecule has 6 heteroatoms. The Morgan fingerprint density at radius 3 is 2.83 bits per heavy atom. The molecule has 4 nitrogen and oxygen atoms in total. The summed E-state index contributed by atoms with van der Waals surface area (Å²) in [4.78, 5) is 13.9. The molecular formula is C12H15BrINO3. The Balaban J connectivity index is 2.90. The van der Waals surface area contributed by atoms with Gasteiger partial charge in [-0.25, -0.2) is 0 Å². The van der Waals surface area contributed by atoms with Gasteiger partial charge in [-0.05, 0) is 40.8 Å². The highest BCUT2D eigenvalue weighted by Gasteiger charge is 2.17. The highest BCUT2D eigenvalue weighted by Crippen LogP contribution is 2.20. The second kappa shape index (κ2) is 8.08. The van der Waals surface area contributed by atoms with Crippen molar-refractivity contribution in [2.75, 3.05) is 33.4 Å². The van der Waals surface area contributed by atoms with Gasteiger partial charge in [0.25, 0.3) is 5.91 Å². The van der Waals surface area contributed by atoms with E-state index in [1.807, 2.05) is 12.1 Å². The molecule has 1 amide bonds. The van der Waals surface area contributed by atoms with Crippen LogP contribution in [0.15, 0.2) is 22.7 Å². The lowest BCUT2D eigenvalue weighted by Crippen LogP contribution is -2.36. The predicted octanol–water partition coefficient (Wildman–Crippen LogP) is 2.13. The van der Waals surface area contributed by atoms with E-state index in [4.69, 9.17) is 9.84 Å². The summed E-state index contributed by atoms with van der Waals surface area (Å²) in [6, 6.07) is 5.57. The van der Waals surface area contributed by atoms with E-state index in [2.05, 4.69) is 38.5 Å². The SMILES string of the molecule is COCCN(CCO)C(=O)c1cc(Br)ccc1I. The topological polar surface area (TPSA) is 49.8 Å². The van der Waals surface area contributed by atoms with Crippen LogP contribution < -0.4 is 0 Å². The van der Waals surface area contributed by atoms with Gasteiger partial charge in [-0.15, -0.1) is 0 Å². The largest absolute Gasteiger partial charge is 0.395 e. The molecule has 0 aliphatic carbocycles. The van der Waals surface area contributed by atoms with Crippen molar-refractivity contribution in [1.29, 1.82) is 0 Å². The third kappa shape index (κ3) is 4.49. The van der Waals surface area contributed by atoms with E-state index in [1.165, 1.54) is 0 Å². The molecule has 1 rings (SSSR count). The maximum Gasteiger partial charge on any atom is 0.255 e. The molecule has 100 valence electrons. The molecular weight excluding hydrogens is 413 g/mol. The van der Waals surface area contributed by atoms with Crippen molar-refractivity contribution in [3.63, 3.8) is 0 Å². The summed E-state index contributed by atoms with van der Waals surface area (Å²) in [6.45, 7) is 1.18. The molecule has 0 fully saturated rings. The summed E-state index contributed by atoms with van der Waals surface area (Å²) < 4.78 is 6.72. The monoisotopic (exact) mass is 427 g/mol. The van der Waals surface area contributed by atoms with E-state index in [9.17, 15) is 4.79 Å². The van der Waals surface area contributed by atoms with Crippen LogP contribution in [0.2, 0.25) is 0 Å². The highest BCUT2D eigenvalue weighted by molar-refractivity contribution is 14.1. The number of halogens is 2. The Morgan fingerprint density at radius 1 is 1.50 bits per heavy atom. The van der Waals surface area contributed by atoms with Crippen molar-refractivity contribution in [2.24, 2.45) is 0 Å². The number of aliphatic hydroxyl groups excluding tert-OH is 1. The van der Waals surface area contributed by atoms with Gasteiger partial charge in [-0.2, -0.15) is 0 Å². The van der Waals surface area contributed by atoms with Crippen LogP contribution in [-0.2, 0) is 4.74 Å². The maximum absolute atomic E-state index is 12.3. The number of benzene rings is 1. The normalized spacial score (nSPS) is 10.4. The van der Waals surface area contributed by atoms with E-state index >= 15 is 0 Å². The average molecular weight is 428 g/mol. The van der Waals surface area contributed by atoms with Gasteiger partial charge in [0.1, 0.15) is 0 Å². The van der Waals surface area contributed by atoms with Gasteiger partial charge in [0.05, 0.1) is 18.8 Å². The van der Waals surface area contributed by atoms with Gasteiger partial charge in [0, 0.05) is 28.2 Å². The molecule has 0 unspecified atom stereocenters. The molecule has 0 radical (unpaired) electrons. The molecule has 18 heavy (non-hydrogen) atoms. The van der Waals surface area contributed by atoms with E-state index in [0.29, 0.717) is 25.3 Å². The summed E-state index contributed by atoms with van der Waals surface area (Å²) in [5.41, 5.74) is 0.634. The Hall–Kier alpha value is -0.180. The van der Waals surface area contributed by atoms with Crippen LogP contribution in [0.1, 0.15) is 10.4 Å². The molecule has 1 aromatic carbocycles. The Morgan fingerprint density at radius 2 is 2.22 bits per heavy atom.